The van der Waals surface area contributed by atoms with Crippen molar-refractivity contribution in [2.24, 2.45) is 0 Å². The summed E-state index contributed by atoms with van der Waals surface area (Å²) in [5.41, 5.74) is 2.18. The Labute approximate surface area is 198 Å². The van der Waals surface area contributed by atoms with Gasteiger partial charge in [-0.05, 0) is 48.5 Å². The normalized spacial score (nSPS) is 14.5. The molecule has 1 aliphatic heterocycles. The quantitative estimate of drug-likeness (QED) is 0.552. The number of rotatable bonds is 5. The van der Waals surface area contributed by atoms with Crippen molar-refractivity contribution in [2.45, 2.75) is 4.90 Å². The fourth-order valence-corrected chi connectivity index (χ4v) is 4.60. The van der Waals surface area contributed by atoms with Gasteiger partial charge in [0, 0.05) is 56.4 Å². The van der Waals surface area contributed by atoms with Crippen molar-refractivity contribution in [3.63, 3.8) is 0 Å². The van der Waals surface area contributed by atoms with Crippen LogP contribution in [-0.2, 0) is 10.0 Å². The smallest absolute Gasteiger partial charge is 0.253 e. The summed E-state index contributed by atoms with van der Waals surface area (Å²) in [4.78, 5) is 16.9. The first-order valence-corrected chi connectivity index (χ1v) is 12.2. The number of hydrogen-bond donors (Lipinski definition) is 0. The SMILES string of the molecule is CN(C)S(=O)(=O)c1ccc(C(=O)N2CCN(c3ccc(-c4ccc(Cl)cc4)nn3)CC2)cc1. The minimum absolute atomic E-state index is 0.118. The number of piperazine rings is 1. The monoisotopic (exact) mass is 485 g/mol. The van der Waals surface area contributed by atoms with E-state index in [1.807, 2.05) is 36.4 Å². The number of sulfonamides is 1. The summed E-state index contributed by atoms with van der Waals surface area (Å²) < 4.78 is 25.6. The standard InChI is InChI=1S/C23H24ClN5O3S/c1-27(2)33(31,32)20-9-5-18(6-10-20)23(30)29-15-13-28(14-16-29)22-12-11-21(25-26-22)17-3-7-19(24)8-4-17/h3-12H,13-16H2,1-2H3. The highest BCUT2D eigenvalue weighted by Gasteiger charge is 2.24. The van der Waals surface area contributed by atoms with Crippen LogP contribution < -0.4 is 4.90 Å². The summed E-state index contributed by atoms with van der Waals surface area (Å²) in [5, 5.41) is 9.35. The highest BCUT2D eigenvalue weighted by Crippen LogP contribution is 2.22. The molecule has 0 saturated carbocycles. The molecule has 3 aromatic rings. The Bertz CT molecular complexity index is 1220. The molecule has 4 rings (SSSR count). The number of anilines is 1. The van der Waals surface area contributed by atoms with Crippen LogP contribution in [0.1, 0.15) is 10.4 Å². The van der Waals surface area contributed by atoms with Crippen molar-refractivity contribution < 1.29 is 13.2 Å². The van der Waals surface area contributed by atoms with Crippen molar-refractivity contribution in [1.82, 2.24) is 19.4 Å². The third-order valence-corrected chi connectivity index (χ3v) is 7.64. The lowest BCUT2D eigenvalue weighted by Crippen LogP contribution is -2.49. The highest BCUT2D eigenvalue weighted by molar-refractivity contribution is 7.89. The lowest BCUT2D eigenvalue weighted by Gasteiger charge is -2.35. The summed E-state index contributed by atoms with van der Waals surface area (Å²) in [7, 11) is -0.571. The average Bonchev–Trinajstić information content (AvgIpc) is 2.84. The molecule has 0 N–H and O–H groups in total. The van der Waals surface area contributed by atoms with Crippen LogP contribution in [0, 0.1) is 0 Å². The predicted molar refractivity (Wildman–Crippen MR) is 128 cm³/mol. The fraction of sp³-hybridized carbons (Fsp3) is 0.261. The largest absolute Gasteiger partial charge is 0.352 e. The summed E-state index contributed by atoms with van der Waals surface area (Å²) in [6.45, 7) is 2.34. The molecule has 2 heterocycles. The maximum absolute atomic E-state index is 12.9. The van der Waals surface area contributed by atoms with Gasteiger partial charge in [0.05, 0.1) is 10.6 Å². The zero-order valence-electron chi connectivity index (χ0n) is 18.3. The topological polar surface area (TPSA) is 86.7 Å². The Kier molecular flexibility index (Phi) is 6.64. The van der Waals surface area contributed by atoms with Crippen molar-refractivity contribution in [3.8, 4) is 11.3 Å². The second kappa shape index (κ2) is 9.46. The van der Waals surface area contributed by atoms with E-state index in [0.717, 1.165) is 21.4 Å². The summed E-state index contributed by atoms with van der Waals surface area (Å²) in [6, 6.07) is 17.3. The zero-order valence-corrected chi connectivity index (χ0v) is 19.9. The second-order valence-corrected chi connectivity index (χ2v) is 10.5. The van der Waals surface area contributed by atoms with E-state index < -0.39 is 10.0 Å². The molecule has 1 fully saturated rings. The third kappa shape index (κ3) is 5.00. The number of hydrogen-bond acceptors (Lipinski definition) is 6. The minimum atomic E-state index is -3.52. The van der Waals surface area contributed by atoms with Crippen LogP contribution in [-0.4, -0.2) is 74.0 Å². The van der Waals surface area contributed by atoms with Gasteiger partial charge < -0.3 is 9.80 Å². The van der Waals surface area contributed by atoms with Gasteiger partial charge in [0.15, 0.2) is 5.82 Å². The molecule has 1 amide bonds. The molecule has 0 aliphatic carbocycles. The zero-order chi connectivity index (χ0) is 23.6. The number of nitrogens with zero attached hydrogens (tertiary/aromatic N) is 5. The van der Waals surface area contributed by atoms with Gasteiger partial charge in [-0.25, -0.2) is 12.7 Å². The van der Waals surface area contributed by atoms with E-state index in [-0.39, 0.29) is 10.8 Å². The maximum Gasteiger partial charge on any atom is 0.253 e. The Morgan fingerprint density at radius 2 is 1.52 bits per heavy atom. The van der Waals surface area contributed by atoms with Crippen LogP contribution in [0.3, 0.4) is 0 Å². The van der Waals surface area contributed by atoms with Crippen LogP contribution >= 0.6 is 11.6 Å². The number of carbonyl (C=O) groups is 1. The number of carbonyl (C=O) groups excluding carboxylic acids is 1. The Hall–Kier alpha value is -3.01. The van der Waals surface area contributed by atoms with Gasteiger partial charge in [-0.15, -0.1) is 10.2 Å². The molecule has 1 aliphatic rings. The molecule has 0 bridgehead atoms. The molecule has 0 radical (unpaired) electrons. The molecule has 33 heavy (non-hydrogen) atoms. The average molecular weight is 486 g/mol. The Morgan fingerprint density at radius 3 is 2.06 bits per heavy atom. The first kappa shape index (κ1) is 23.2. The van der Waals surface area contributed by atoms with Gasteiger partial charge in [0.25, 0.3) is 5.91 Å². The molecular weight excluding hydrogens is 462 g/mol. The van der Waals surface area contributed by atoms with E-state index in [9.17, 15) is 13.2 Å². The molecular formula is C23H24ClN5O3S. The number of amides is 1. The Balaban J connectivity index is 1.37. The van der Waals surface area contributed by atoms with Crippen LogP contribution in [0.15, 0.2) is 65.6 Å². The molecule has 10 heteroatoms. The summed E-state index contributed by atoms with van der Waals surface area (Å²) in [5.74, 6) is 0.644. The summed E-state index contributed by atoms with van der Waals surface area (Å²) in [6.07, 6.45) is 0. The number of benzene rings is 2. The highest BCUT2D eigenvalue weighted by atomic mass is 35.5. The van der Waals surface area contributed by atoms with Gasteiger partial charge >= 0.3 is 0 Å². The number of halogens is 1. The first-order valence-electron chi connectivity index (χ1n) is 10.4. The molecule has 1 aromatic heterocycles. The molecule has 2 aromatic carbocycles. The van der Waals surface area contributed by atoms with Crippen molar-refractivity contribution in [2.75, 3.05) is 45.2 Å². The van der Waals surface area contributed by atoms with Crippen molar-refractivity contribution in [3.05, 3.63) is 71.2 Å². The summed E-state index contributed by atoms with van der Waals surface area (Å²) >= 11 is 5.94. The van der Waals surface area contributed by atoms with Gasteiger partial charge in [0.1, 0.15) is 0 Å². The van der Waals surface area contributed by atoms with Gasteiger partial charge in [-0.2, -0.15) is 0 Å². The molecule has 0 atom stereocenters. The maximum atomic E-state index is 12.9. The molecule has 8 nitrogen and oxygen atoms in total. The van der Waals surface area contributed by atoms with Crippen LogP contribution in [0.2, 0.25) is 5.02 Å². The van der Waals surface area contributed by atoms with E-state index in [0.29, 0.717) is 36.8 Å². The van der Waals surface area contributed by atoms with Gasteiger partial charge in [-0.1, -0.05) is 23.7 Å². The third-order valence-electron chi connectivity index (χ3n) is 5.56. The van der Waals surface area contributed by atoms with E-state index >= 15 is 0 Å². The van der Waals surface area contributed by atoms with Crippen LogP contribution in [0.5, 0.6) is 0 Å². The number of aromatic nitrogens is 2. The van der Waals surface area contributed by atoms with Crippen molar-refractivity contribution >= 4 is 33.3 Å². The van der Waals surface area contributed by atoms with Gasteiger partial charge in [-0.3, -0.25) is 4.79 Å². The predicted octanol–water partition coefficient (Wildman–Crippen LogP) is 3.01. The first-order chi connectivity index (χ1) is 15.8. The van der Waals surface area contributed by atoms with Crippen LogP contribution in [0.25, 0.3) is 11.3 Å². The van der Waals surface area contributed by atoms with Crippen LogP contribution in [0.4, 0.5) is 5.82 Å². The lowest BCUT2D eigenvalue weighted by atomic mass is 10.1. The molecule has 0 unspecified atom stereocenters. The molecule has 1 saturated heterocycles. The Morgan fingerprint density at radius 1 is 0.879 bits per heavy atom. The van der Waals surface area contributed by atoms with E-state index in [2.05, 4.69) is 15.1 Å². The molecule has 172 valence electrons. The minimum Gasteiger partial charge on any atom is -0.352 e. The van der Waals surface area contributed by atoms with E-state index in [1.54, 1.807) is 17.0 Å². The van der Waals surface area contributed by atoms with E-state index in [4.69, 9.17) is 11.6 Å². The second-order valence-electron chi connectivity index (χ2n) is 7.87. The van der Waals surface area contributed by atoms with Gasteiger partial charge in [0.2, 0.25) is 10.0 Å². The van der Waals surface area contributed by atoms with E-state index in [1.165, 1.54) is 26.2 Å². The fourth-order valence-electron chi connectivity index (χ4n) is 3.57. The molecule has 0 spiro atoms. The van der Waals surface area contributed by atoms with Crippen molar-refractivity contribution in [1.29, 1.82) is 0 Å². The lowest BCUT2D eigenvalue weighted by molar-refractivity contribution is 0.0746.